The normalized spacial score (nSPS) is 18.6. The zero-order valence-corrected chi connectivity index (χ0v) is 13.7. The molecule has 3 aromatic heterocycles. The average Bonchev–Trinajstić information content (AvgIpc) is 3.29. The maximum Gasteiger partial charge on any atom is 0.188 e. The van der Waals surface area contributed by atoms with Crippen molar-refractivity contribution in [2.24, 2.45) is 0 Å². The summed E-state index contributed by atoms with van der Waals surface area (Å²) >= 11 is 1.59. The first kappa shape index (κ1) is 14.5. The Balaban J connectivity index is 1.50. The van der Waals surface area contributed by atoms with Crippen LogP contribution in [0.2, 0.25) is 0 Å². The molecule has 4 rings (SSSR count). The lowest BCUT2D eigenvalue weighted by Crippen LogP contribution is -2.22. The van der Waals surface area contributed by atoms with E-state index >= 15 is 0 Å². The van der Waals surface area contributed by atoms with Gasteiger partial charge in [0.25, 0.3) is 0 Å². The highest BCUT2D eigenvalue weighted by molar-refractivity contribution is 7.13. The standard InChI is InChI=1S/C16H17N5OS/c1-11-8-14(22-20-11)13-4-2-7-21(13)9-12-10-23-16(19-12)15-17-5-3-6-18-15/h3,5-6,8,10,13H,2,4,7,9H2,1H3/t13-/m1/s1. The molecular weight excluding hydrogens is 310 g/mol. The Labute approximate surface area is 138 Å². The molecule has 0 N–H and O–H groups in total. The second-order valence-corrected chi connectivity index (χ2v) is 6.57. The van der Waals surface area contributed by atoms with Crippen molar-refractivity contribution in [1.29, 1.82) is 0 Å². The Morgan fingerprint density at radius 3 is 3.00 bits per heavy atom. The van der Waals surface area contributed by atoms with Crippen molar-refractivity contribution in [3.05, 3.63) is 47.1 Å². The van der Waals surface area contributed by atoms with Crippen molar-refractivity contribution in [2.45, 2.75) is 32.4 Å². The molecule has 0 unspecified atom stereocenters. The summed E-state index contributed by atoms with van der Waals surface area (Å²) in [4.78, 5) is 15.6. The van der Waals surface area contributed by atoms with Crippen molar-refractivity contribution in [3.63, 3.8) is 0 Å². The number of rotatable bonds is 4. The number of nitrogens with zero attached hydrogens (tertiary/aromatic N) is 5. The minimum Gasteiger partial charge on any atom is -0.359 e. The van der Waals surface area contributed by atoms with Crippen LogP contribution in [-0.4, -0.2) is 31.6 Å². The lowest BCUT2D eigenvalue weighted by molar-refractivity contribution is 0.205. The van der Waals surface area contributed by atoms with Crippen LogP contribution in [0.1, 0.15) is 36.0 Å². The van der Waals surface area contributed by atoms with Crippen LogP contribution < -0.4 is 0 Å². The molecule has 7 heteroatoms. The van der Waals surface area contributed by atoms with Gasteiger partial charge in [-0.25, -0.2) is 15.0 Å². The van der Waals surface area contributed by atoms with E-state index in [1.807, 2.05) is 19.1 Å². The van der Waals surface area contributed by atoms with Gasteiger partial charge in [0.2, 0.25) is 0 Å². The Hall–Kier alpha value is -2.12. The number of aromatic nitrogens is 4. The van der Waals surface area contributed by atoms with Gasteiger partial charge < -0.3 is 4.52 Å². The molecule has 1 aliphatic heterocycles. The van der Waals surface area contributed by atoms with Gasteiger partial charge in [0.15, 0.2) is 16.6 Å². The van der Waals surface area contributed by atoms with Crippen LogP contribution in [0, 0.1) is 6.92 Å². The maximum atomic E-state index is 5.46. The summed E-state index contributed by atoms with van der Waals surface area (Å²) < 4.78 is 5.46. The van der Waals surface area contributed by atoms with Gasteiger partial charge in [-0.1, -0.05) is 5.16 Å². The van der Waals surface area contributed by atoms with E-state index < -0.39 is 0 Å². The highest BCUT2D eigenvalue weighted by atomic mass is 32.1. The van der Waals surface area contributed by atoms with E-state index in [1.54, 1.807) is 23.7 Å². The van der Waals surface area contributed by atoms with E-state index in [2.05, 4.69) is 30.4 Å². The monoisotopic (exact) mass is 327 g/mol. The highest BCUT2D eigenvalue weighted by Gasteiger charge is 2.29. The van der Waals surface area contributed by atoms with Crippen molar-refractivity contribution in [1.82, 2.24) is 25.0 Å². The first-order chi connectivity index (χ1) is 11.3. The van der Waals surface area contributed by atoms with Gasteiger partial charge in [-0.15, -0.1) is 11.3 Å². The molecule has 0 amide bonds. The molecule has 1 atom stereocenters. The largest absolute Gasteiger partial charge is 0.359 e. The molecule has 0 aliphatic carbocycles. The summed E-state index contributed by atoms with van der Waals surface area (Å²) in [7, 11) is 0. The fourth-order valence-corrected chi connectivity index (χ4v) is 3.73. The zero-order chi connectivity index (χ0) is 15.6. The predicted molar refractivity (Wildman–Crippen MR) is 86.8 cm³/mol. The fourth-order valence-electron chi connectivity index (χ4n) is 2.98. The first-order valence-electron chi connectivity index (χ1n) is 7.68. The number of thiazole rings is 1. The van der Waals surface area contributed by atoms with Gasteiger partial charge in [-0.3, -0.25) is 4.90 Å². The van der Waals surface area contributed by atoms with E-state index in [9.17, 15) is 0 Å². The molecule has 3 aromatic rings. The van der Waals surface area contributed by atoms with Crippen molar-refractivity contribution in [3.8, 4) is 10.8 Å². The third kappa shape index (κ3) is 3.02. The predicted octanol–water partition coefficient (Wildman–Crippen LogP) is 3.23. The summed E-state index contributed by atoms with van der Waals surface area (Å²) in [6.45, 7) is 3.83. The number of hydrogen-bond acceptors (Lipinski definition) is 7. The topological polar surface area (TPSA) is 67.9 Å². The van der Waals surface area contributed by atoms with Crippen LogP contribution in [0.5, 0.6) is 0 Å². The molecule has 1 fully saturated rings. The average molecular weight is 327 g/mol. The van der Waals surface area contributed by atoms with Crippen molar-refractivity contribution < 1.29 is 4.52 Å². The molecule has 23 heavy (non-hydrogen) atoms. The molecule has 0 radical (unpaired) electrons. The molecule has 4 heterocycles. The number of aryl methyl sites for hydroxylation is 1. The number of likely N-dealkylation sites (tertiary alicyclic amines) is 1. The van der Waals surface area contributed by atoms with Gasteiger partial charge in [0, 0.05) is 30.4 Å². The Morgan fingerprint density at radius 2 is 2.22 bits per heavy atom. The smallest absolute Gasteiger partial charge is 0.188 e. The highest BCUT2D eigenvalue weighted by Crippen LogP contribution is 2.34. The minimum atomic E-state index is 0.300. The molecular formula is C16H17N5OS. The van der Waals surface area contributed by atoms with Gasteiger partial charge in [0.05, 0.1) is 17.4 Å². The molecule has 0 bridgehead atoms. The van der Waals surface area contributed by atoms with Gasteiger partial charge in [-0.2, -0.15) is 0 Å². The Morgan fingerprint density at radius 1 is 1.35 bits per heavy atom. The quantitative estimate of drug-likeness (QED) is 0.733. The van der Waals surface area contributed by atoms with Crippen LogP contribution in [0.4, 0.5) is 0 Å². The van der Waals surface area contributed by atoms with Crippen LogP contribution in [0.15, 0.2) is 34.4 Å². The van der Waals surface area contributed by atoms with Gasteiger partial charge >= 0.3 is 0 Å². The van der Waals surface area contributed by atoms with Crippen LogP contribution >= 0.6 is 11.3 Å². The second kappa shape index (κ2) is 6.17. The Bertz CT molecular complexity index is 785. The third-order valence-corrected chi connectivity index (χ3v) is 4.90. The minimum absolute atomic E-state index is 0.300. The van der Waals surface area contributed by atoms with E-state index in [-0.39, 0.29) is 0 Å². The summed E-state index contributed by atoms with van der Waals surface area (Å²) in [5.74, 6) is 1.65. The van der Waals surface area contributed by atoms with Gasteiger partial charge in [0.1, 0.15) is 0 Å². The Kier molecular flexibility index (Phi) is 3.88. The second-order valence-electron chi connectivity index (χ2n) is 5.72. The van der Waals surface area contributed by atoms with E-state index in [4.69, 9.17) is 4.52 Å². The fraction of sp³-hybridized carbons (Fsp3) is 0.375. The van der Waals surface area contributed by atoms with Gasteiger partial charge in [-0.05, 0) is 32.4 Å². The van der Waals surface area contributed by atoms with E-state index in [1.165, 1.54) is 6.42 Å². The van der Waals surface area contributed by atoms with Crippen LogP contribution in [0.3, 0.4) is 0 Å². The lowest BCUT2D eigenvalue weighted by atomic mass is 10.1. The number of hydrogen-bond donors (Lipinski definition) is 0. The van der Waals surface area contributed by atoms with Crippen LogP contribution in [0.25, 0.3) is 10.8 Å². The zero-order valence-electron chi connectivity index (χ0n) is 12.8. The summed E-state index contributed by atoms with van der Waals surface area (Å²) in [6.07, 6.45) is 5.76. The molecule has 118 valence electrons. The van der Waals surface area contributed by atoms with Crippen molar-refractivity contribution >= 4 is 11.3 Å². The summed E-state index contributed by atoms with van der Waals surface area (Å²) in [5.41, 5.74) is 1.99. The van der Waals surface area contributed by atoms with Crippen LogP contribution in [-0.2, 0) is 6.54 Å². The summed E-state index contributed by atoms with van der Waals surface area (Å²) in [6, 6.07) is 4.15. The molecule has 0 spiro atoms. The lowest BCUT2D eigenvalue weighted by Gasteiger charge is -2.20. The molecule has 1 aliphatic rings. The molecule has 0 aromatic carbocycles. The van der Waals surface area contributed by atoms with E-state index in [0.29, 0.717) is 11.9 Å². The van der Waals surface area contributed by atoms with Crippen molar-refractivity contribution in [2.75, 3.05) is 6.54 Å². The molecule has 0 saturated carbocycles. The third-order valence-electron chi connectivity index (χ3n) is 4.01. The molecule has 6 nitrogen and oxygen atoms in total. The summed E-state index contributed by atoms with van der Waals surface area (Å²) in [5, 5.41) is 6.97. The maximum absolute atomic E-state index is 5.46. The first-order valence-corrected chi connectivity index (χ1v) is 8.56. The SMILES string of the molecule is Cc1cc([C@H]2CCCN2Cc2csc(-c3ncccn3)n2)on1. The molecule has 1 saturated heterocycles. The van der Waals surface area contributed by atoms with E-state index in [0.717, 1.165) is 41.7 Å².